The van der Waals surface area contributed by atoms with Crippen molar-refractivity contribution >= 4 is 29.5 Å². The van der Waals surface area contributed by atoms with E-state index in [1.54, 1.807) is 32.2 Å². The summed E-state index contributed by atoms with van der Waals surface area (Å²) in [4.78, 5) is 27.0. The van der Waals surface area contributed by atoms with Crippen LogP contribution in [0.1, 0.15) is 13.8 Å². The fourth-order valence-electron chi connectivity index (χ4n) is 1.78. The Bertz CT molecular complexity index is 667. The van der Waals surface area contributed by atoms with Crippen LogP contribution in [-0.2, 0) is 19.1 Å². The first-order valence-corrected chi connectivity index (χ1v) is 7.65. The number of esters is 1. The van der Waals surface area contributed by atoms with E-state index < -0.39 is 11.9 Å². The summed E-state index contributed by atoms with van der Waals surface area (Å²) in [6.45, 7) is 3.91. The van der Waals surface area contributed by atoms with Crippen LogP contribution in [0.5, 0.6) is 5.75 Å². The number of methoxy groups -OCH3 is 1. The number of hydrogen-bond acceptors (Lipinski definition) is 7. The van der Waals surface area contributed by atoms with Gasteiger partial charge in [0.2, 0.25) is 5.91 Å². The number of carbonyl (C=O) groups is 2. The van der Waals surface area contributed by atoms with Crippen LogP contribution in [0.15, 0.2) is 23.2 Å². The smallest absolute Gasteiger partial charge is 0.328 e. The summed E-state index contributed by atoms with van der Waals surface area (Å²) in [5.74, 6) is -1.57. The first-order chi connectivity index (χ1) is 12.0. The highest BCUT2D eigenvalue weighted by Gasteiger charge is 2.16. The molecular weight excluding hydrogens is 326 g/mol. The quantitative estimate of drug-likeness (QED) is 0.416. The highest BCUT2D eigenvalue weighted by molar-refractivity contribution is 5.94. The van der Waals surface area contributed by atoms with Crippen molar-refractivity contribution in [2.45, 2.75) is 13.8 Å². The molecule has 0 saturated heterocycles. The zero-order valence-corrected chi connectivity index (χ0v) is 14.4. The minimum atomic E-state index is -1.09. The lowest BCUT2D eigenvalue weighted by Crippen LogP contribution is -2.17. The number of rotatable bonds is 9. The molecule has 134 valence electrons. The van der Waals surface area contributed by atoms with Gasteiger partial charge in [-0.3, -0.25) is 14.6 Å². The number of carbonyl (C=O) groups excluding carboxylic acids is 2. The highest BCUT2D eigenvalue weighted by atomic mass is 16.5. The van der Waals surface area contributed by atoms with Gasteiger partial charge in [0.25, 0.3) is 0 Å². The van der Waals surface area contributed by atoms with E-state index in [-0.39, 0.29) is 12.5 Å². The molecule has 0 radical (unpaired) electrons. The van der Waals surface area contributed by atoms with Crippen LogP contribution in [-0.4, -0.2) is 45.0 Å². The van der Waals surface area contributed by atoms with E-state index in [1.807, 2.05) is 6.07 Å². The molecule has 1 N–H and O–H groups in total. The van der Waals surface area contributed by atoms with Gasteiger partial charge in [-0.05, 0) is 19.1 Å². The first-order valence-electron chi connectivity index (χ1n) is 7.65. The van der Waals surface area contributed by atoms with Crippen molar-refractivity contribution in [1.29, 1.82) is 5.26 Å². The van der Waals surface area contributed by atoms with Gasteiger partial charge in [0, 0.05) is 26.3 Å². The summed E-state index contributed by atoms with van der Waals surface area (Å²) in [6.07, 6.45) is 1.21. The van der Waals surface area contributed by atoms with Crippen molar-refractivity contribution in [3.63, 3.8) is 0 Å². The Balaban J connectivity index is 2.97. The summed E-state index contributed by atoms with van der Waals surface area (Å²) in [7, 11) is 1.55. The summed E-state index contributed by atoms with van der Waals surface area (Å²) < 4.78 is 15.3. The lowest BCUT2D eigenvalue weighted by Gasteiger charge is -2.12. The monoisotopic (exact) mass is 347 g/mol. The second-order valence-electron chi connectivity index (χ2n) is 4.84. The SMILES string of the molecule is CCOC(=O)C(C#N)C=Nc1ccc(NC(C)=O)c(OCCOC)c1. The minimum absolute atomic E-state index is 0.188. The van der Waals surface area contributed by atoms with Gasteiger partial charge in [0.05, 0.1) is 30.7 Å². The molecule has 25 heavy (non-hydrogen) atoms. The largest absolute Gasteiger partial charge is 0.489 e. The molecule has 0 saturated carbocycles. The number of hydrogen-bond donors (Lipinski definition) is 1. The molecule has 0 bridgehead atoms. The molecule has 1 aromatic carbocycles. The predicted molar refractivity (Wildman–Crippen MR) is 92.0 cm³/mol. The van der Waals surface area contributed by atoms with Gasteiger partial charge < -0.3 is 19.5 Å². The minimum Gasteiger partial charge on any atom is -0.489 e. The Morgan fingerprint density at radius 1 is 1.40 bits per heavy atom. The number of ether oxygens (including phenoxy) is 3. The maximum Gasteiger partial charge on any atom is 0.328 e. The van der Waals surface area contributed by atoms with Crippen LogP contribution in [0.25, 0.3) is 0 Å². The van der Waals surface area contributed by atoms with Crippen molar-refractivity contribution in [1.82, 2.24) is 0 Å². The van der Waals surface area contributed by atoms with Crippen LogP contribution in [0.4, 0.5) is 11.4 Å². The number of amides is 1. The van der Waals surface area contributed by atoms with E-state index in [4.69, 9.17) is 19.5 Å². The van der Waals surface area contributed by atoms with Crippen LogP contribution in [0, 0.1) is 17.2 Å². The third-order valence-electron chi connectivity index (χ3n) is 2.87. The average Bonchev–Trinajstić information content (AvgIpc) is 2.57. The fraction of sp³-hybridized carbons (Fsp3) is 0.412. The third-order valence-corrected chi connectivity index (χ3v) is 2.87. The fourth-order valence-corrected chi connectivity index (χ4v) is 1.78. The van der Waals surface area contributed by atoms with E-state index in [9.17, 15) is 9.59 Å². The van der Waals surface area contributed by atoms with Crippen molar-refractivity contribution in [3.8, 4) is 11.8 Å². The number of aliphatic imine (C=N–C) groups is 1. The van der Waals surface area contributed by atoms with Crippen LogP contribution < -0.4 is 10.1 Å². The molecule has 1 aromatic rings. The van der Waals surface area contributed by atoms with Crippen molar-refractivity contribution < 1.29 is 23.8 Å². The molecule has 0 spiro atoms. The van der Waals surface area contributed by atoms with Gasteiger partial charge in [-0.1, -0.05) is 0 Å². The Kier molecular flexibility index (Phi) is 8.68. The van der Waals surface area contributed by atoms with Gasteiger partial charge in [-0.2, -0.15) is 5.26 Å². The molecule has 8 heteroatoms. The lowest BCUT2D eigenvalue weighted by atomic mass is 10.2. The molecule has 0 fully saturated rings. The third kappa shape index (κ3) is 7.01. The molecule has 0 aliphatic carbocycles. The van der Waals surface area contributed by atoms with Crippen LogP contribution in [0.2, 0.25) is 0 Å². The second-order valence-corrected chi connectivity index (χ2v) is 4.84. The van der Waals surface area contributed by atoms with Crippen LogP contribution in [0.3, 0.4) is 0 Å². The molecule has 0 aliphatic heterocycles. The van der Waals surface area contributed by atoms with E-state index in [0.29, 0.717) is 30.3 Å². The molecule has 1 rings (SSSR count). The molecule has 1 atom stereocenters. The number of anilines is 1. The van der Waals surface area contributed by atoms with Gasteiger partial charge in [-0.15, -0.1) is 0 Å². The summed E-state index contributed by atoms with van der Waals surface area (Å²) in [5, 5.41) is 11.7. The molecule has 8 nitrogen and oxygen atoms in total. The molecule has 1 unspecified atom stereocenters. The summed E-state index contributed by atoms with van der Waals surface area (Å²) in [6, 6.07) is 6.67. The predicted octanol–water partition coefficient (Wildman–Crippen LogP) is 2.08. The van der Waals surface area contributed by atoms with Crippen molar-refractivity contribution in [2.24, 2.45) is 10.9 Å². The molecular formula is C17H21N3O5. The number of benzene rings is 1. The summed E-state index contributed by atoms with van der Waals surface area (Å²) >= 11 is 0. The van der Waals surface area contributed by atoms with Crippen LogP contribution >= 0.6 is 0 Å². The molecule has 0 aliphatic rings. The molecule has 0 aromatic heterocycles. The zero-order valence-electron chi connectivity index (χ0n) is 14.4. The second kappa shape index (κ2) is 10.8. The Hall–Kier alpha value is -2.92. The molecule has 0 heterocycles. The van der Waals surface area contributed by atoms with Crippen molar-refractivity contribution in [3.05, 3.63) is 18.2 Å². The number of nitrogens with one attached hydrogen (secondary N) is 1. The average molecular weight is 347 g/mol. The van der Waals surface area contributed by atoms with E-state index in [1.165, 1.54) is 13.1 Å². The number of nitrogens with zero attached hydrogens (tertiary/aromatic N) is 2. The maximum atomic E-state index is 11.6. The number of nitriles is 1. The summed E-state index contributed by atoms with van der Waals surface area (Å²) in [5.41, 5.74) is 0.954. The lowest BCUT2D eigenvalue weighted by molar-refractivity contribution is -0.143. The van der Waals surface area contributed by atoms with Gasteiger partial charge in [0.15, 0.2) is 5.92 Å². The highest BCUT2D eigenvalue weighted by Crippen LogP contribution is 2.29. The van der Waals surface area contributed by atoms with Gasteiger partial charge >= 0.3 is 5.97 Å². The van der Waals surface area contributed by atoms with E-state index >= 15 is 0 Å². The van der Waals surface area contributed by atoms with E-state index in [2.05, 4.69) is 10.3 Å². The van der Waals surface area contributed by atoms with Gasteiger partial charge in [-0.25, -0.2) is 0 Å². The maximum absolute atomic E-state index is 11.6. The zero-order chi connectivity index (χ0) is 18.7. The first kappa shape index (κ1) is 20.1. The van der Waals surface area contributed by atoms with Crippen molar-refractivity contribution in [2.75, 3.05) is 32.2 Å². The Labute approximate surface area is 146 Å². The normalized spacial score (nSPS) is 11.6. The Morgan fingerprint density at radius 3 is 2.76 bits per heavy atom. The molecule has 1 amide bonds. The topological polar surface area (TPSA) is 110 Å². The van der Waals surface area contributed by atoms with E-state index in [0.717, 1.165) is 0 Å². The standard InChI is InChI=1S/C17H21N3O5/c1-4-24-17(22)13(10-18)11-19-14-5-6-15(20-12(2)21)16(9-14)25-8-7-23-3/h5-6,9,11,13H,4,7-8H2,1-3H3,(H,20,21). The van der Waals surface area contributed by atoms with Gasteiger partial charge in [0.1, 0.15) is 12.4 Å². The Morgan fingerprint density at radius 2 is 2.16 bits per heavy atom.